The second kappa shape index (κ2) is 5.63. The summed E-state index contributed by atoms with van der Waals surface area (Å²) in [5.41, 5.74) is 1.05. The molecular formula is C12H17N3O2. The molecule has 5 nitrogen and oxygen atoms in total. The van der Waals surface area contributed by atoms with Crippen LogP contribution in [0.4, 0.5) is 5.82 Å². The maximum atomic E-state index is 10.9. The van der Waals surface area contributed by atoms with E-state index in [4.69, 9.17) is 4.74 Å². The largest absolute Gasteiger partial charge is 0.378 e. The van der Waals surface area contributed by atoms with Crippen molar-refractivity contribution >= 4 is 11.7 Å². The normalized spacial score (nSPS) is 15.7. The molecule has 0 aromatic carbocycles. The third-order valence-corrected chi connectivity index (χ3v) is 2.71. The van der Waals surface area contributed by atoms with Crippen LogP contribution < -0.4 is 10.2 Å². The number of anilines is 1. The van der Waals surface area contributed by atoms with Gasteiger partial charge in [-0.15, -0.1) is 0 Å². The van der Waals surface area contributed by atoms with Gasteiger partial charge in [0.05, 0.1) is 13.2 Å². The minimum atomic E-state index is -0.0261. The molecule has 0 aliphatic carbocycles. The van der Waals surface area contributed by atoms with Crippen molar-refractivity contribution in [3.05, 3.63) is 23.9 Å². The molecule has 0 radical (unpaired) electrons. The Hall–Kier alpha value is -1.62. The Labute approximate surface area is 101 Å². The molecule has 2 rings (SSSR count). The van der Waals surface area contributed by atoms with Crippen LogP contribution in [0.3, 0.4) is 0 Å². The Morgan fingerprint density at radius 3 is 3.00 bits per heavy atom. The summed E-state index contributed by atoms with van der Waals surface area (Å²) in [7, 11) is 0. The first-order valence-corrected chi connectivity index (χ1v) is 5.78. The van der Waals surface area contributed by atoms with Crippen molar-refractivity contribution in [1.82, 2.24) is 10.3 Å². The Morgan fingerprint density at radius 2 is 2.29 bits per heavy atom. The maximum Gasteiger partial charge on any atom is 0.217 e. The molecule has 2 heterocycles. The van der Waals surface area contributed by atoms with Crippen molar-refractivity contribution in [2.45, 2.75) is 13.5 Å². The molecular weight excluding hydrogens is 218 g/mol. The summed E-state index contributed by atoms with van der Waals surface area (Å²) in [6.45, 7) is 5.21. The molecule has 0 unspecified atom stereocenters. The highest BCUT2D eigenvalue weighted by Crippen LogP contribution is 2.18. The van der Waals surface area contributed by atoms with Gasteiger partial charge in [-0.25, -0.2) is 4.98 Å². The summed E-state index contributed by atoms with van der Waals surface area (Å²) in [4.78, 5) is 17.5. The number of hydrogen-bond donors (Lipinski definition) is 1. The van der Waals surface area contributed by atoms with E-state index in [0.717, 1.165) is 37.7 Å². The molecule has 92 valence electrons. The van der Waals surface area contributed by atoms with Crippen LogP contribution in [0, 0.1) is 0 Å². The number of hydrogen-bond acceptors (Lipinski definition) is 4. The van der Waals surface area contributed by atoms with Crippen LogP contribution >= 0.6 is 0 Å². The third-order valence-electron chi connectivity index (χ3n) is 2.71. The molecule has 1 saturated heterocycles. The van der Waals surface area contributed by atoms with Crippen molar-refractivity contribution < 1.29 is 9.53 Å². The number of morpholine rings is 1. The molecule has 0 spiro atoms. The Bertz CT molecular complexity index is 389. The van der Waals surface area contributed by atoms with Gasteiger partial charge in [-0.05, 0) is 6.07 Å². The molecule has 1 aliphatic rings. The highest BCUT2D eigenvalue weighted by atomic mass is 16.5. The van der Waals surface area contributed by atoms with E-state index in [1.165, 1.54) is 6.92 Å². The number of nitrogens with zero attached hydrogens (tertiary/aromatic N) is 2. The number of amides is 1. The predicted octanol–water partition coefficient (Wildman–Crippen LogP) is 0.554. The fourth-order valence-electron chi connectivity index (χ4n) is 1.85. The first-order chi connectivity index (χ1) is 8.27. The summed E-state index contributed by atoms with van der Waals surface area (Å²) < 4.78 is 5.32. The van der Waals surface area contributed by atoms with Gasteiger partial charge in [0.1, 0.15) is 5.82 Å². The van der Waals surface area contributed by atoms with E-state index < -0.39 is 0 Å². The molecule has 1 aliphatic heterocycles. The van der Waals surface area contributed by atoms with E-state index in [-0.39, 0.29) is 5.91 Å². The highest BCUT2D eigenvalue weighted by molar-refractivity contribution is 5.73. The monoisotopic (exact) mass is 235 g/mol. The number of aromatic nitrogens is 1. The SMILES string of the molecule is CC(=O)NCc1cccnc1N1CCOCC1. The lowest BCUT2D eigenvalue weighted by Crippen LogP contribution is -2.37. The fraction of sp³-hybridized carbons (Fsp3) is 0.500. The van der Waals surface area contributed by atoms with Crippen molar-refractivity contribution in [3.8, 4) is 0 Å². The van der Waals surface area contributed by atoms with Crippen LogP contribution in [-0.2, 0) is 16.1 Å². The molecule has 5 heteroatoms. The van der Waals surface area contributed by atoms with Gasteiger partial charge < -0.3 is 15.0 Å². The Kier molecular flexibility index (Phi) is 3.93. The number of pyridine rings is 1. The van der Waals surface area contributed by atoms with Crippen molar-refractivity contribution in [2.75, 3.05) is 31.2 Å². The standard InChI is InChI=1S/C12H17N3O2/c1-10(16)14-9-11-3-2-4-13-12(11)15-5-7-17-8-6-15/h2-4H,5-9H2,1H3,(H,14,16). The van der Waals surface area contributed by atoms with Crippen LogP contribution in [0.25, 0.3) is 0 Å². The third kappa shape index (κ3) is 3.17. The van der Waals surface area contributed by atoms with Crippen molar-refractivity contribution in [1.29, 1.82) is 0 Å². The molecule has 0 bridgehead atoms. The average molecular weight is 235 g/mol. The molecule has 1 aromatic rings. The second-order valence-corrected chi connectivity index (χ2v) is 4.00. The van der Waals surface area contributed by atoms with E-state index in [1.807, 2.05) is 12.1 Å². The van der Waals surface area contributed by atoms with Gasteiger partial charge in [0.2, 0.25) is 5.91 Å². The molecule has 17 heavy (non-hydrogen) atoms. The first kappa shape index (κ1) is 11.9. The van der Waals surface area contributed by atoms with Gasteiger partial charge in [-0.2, -0.15) is 0 Å². The average Bonchev–Trinajstić information content (AvgIpc) is 2.38. The van der Waals surface area contributed by atoms with E-state index in [1.54, 1.807) is 6.20 Å². The zero-order valence-corrected chi connectivity index (χ0v) is 9.98. The van der Waals surface area contributed by atoms with Crippen molar-refractivity contribution in [3.63, 3.8) is 0 Å². The van der Waals surface area contributed by atoms with E-state index in [9.17, 15) is 4.79 Å². The summed E-state index contributed by atoms with van der Waals surface area (Å²) in [5.74, 6) is 0.923. The van der Waals surface area contributed by atoms with E-state index in [0.29, 0.717) is 6.54 Å². The fourth-order valence-corrected chi connectivity index (χ4v) is 1.85. The summed E-state index contributed by atoms with van der Waals surface area (Å²) in [5, 5.41) is 2.80. The second-order valence-electron chi connectivity index (χ2n) is 4.00. The summed E-state index contributed by atoms with van der Waals surface area (Å²) >= 11 is 0. The zero-order valence-electron chi connectivity index (χ0n) is 9.98. The van der Waals surface area contributed by atoms with E-state index >= 15 is 0 Å². The zero-order chi connectivity index (χ0) is 12.1. The quantitative estimate of drug-likeness (QED) is 0.831. The van der Waals surface area contributed by atoms with Crippen LogP contribution in [0.1, 0.15) is 12.5 Å². The van der Waals surface area contributed by atoms with Gasteiger partial charge in [-0.3, -0.25) is 4.79 Å². The van der Waals surface area contributed by atoms with Crippen LogP contribution in [0.5, 0.6) is 0 Å². The molecule has 1 N–H and O–H groups in total. The van der Waals surface area contributed by atoms with Gasteiger partial charge in [0.15, 0.2) is 0 Å². The minimum absolute atomic E-state index is 0.0261. The molecule has 0 saturated carbocycles. The van der Waals surface area contributed by atoms with Gasteiger partial charge in [0.25, 0.3) is 0 Å². The van der Waals surface area contributed by atoms with Gasteiger partial charge >= 0.3 is 0 Å². The maximum absolute atomic E-state index is 10.9. The lowest BCUT2D eigenvalue weighted by molar-refractivity contribution is -0.119. The number of carbonyl (C=O) groups is 1. The predicted molar refractivity (Wildman–Crippen MR) is 64.8 cm³/mol. The number of ether oxygens (including phenoxy) is 1. The number of rotatable bonds is 3. The Balaban J connectivity index is 2.11. The van der Waals surface area contributed by atoms with Crippen LogP contribution in [0.15, 0.2) is 18.3 Å². The summed E-state index contributed by atoms with van der Waals surface area (Å²) in [6, 6.07) is 3.88. The molecule has 1 amide bonds. The lowest BCUT2D eigenvalue weighted by Gasteiger charge is -2.29. The van der Waals surface area contributed by atoms with Crippen molar-refractivity contribution in [2.24, 2.45) is 0 Å². The van der Waals surface area contributed by atoms with Crippen LogP contribution in [0.2, 0.25) is 0 Å². The molecule has 1 aromatic heterocycles. The van der Waals surface area contributed by atoms with Crippen LogP contribution in [-0.4, -0.2) is 37.2 Å². The Morgan fingerprint density at radius 1 is 1.53 bits per heavy atom. The smallest absolute Gasteiger partial charge is 0.217 e. The topological polar surface area (TPSA) is 54.5 Å². The van der Waals surface area contributed by atoms with Gasteiger partial charge in [-0.1, -0.05) is 6.07 Å². The van der Waals surface area contributed by atoms with E-state index in [2.05, 4.69) is 15.2 Å². The number of carbonyl (C=O) groups excluding carboxylic acids is 1. The van der Waals surface area contributed by atoms with Gasteiger partial charge in [0, 0.05) is 38.3 Å². The first-order valence-electron chi connectivity index (χ1n) is 5.78. The minimum Gasteiger partial charge on any atom is -0.378 e. The molecule has 0 atom stereocenters. The molecule has 1 fully saturated rings. The summed E-state index contributed by atoms with van der Waals surface area (Å²) in [6.07, 6.45) is 1.78. The number of nitrogens with one attached hydrogen (secondary N) is 1. The lowest BCUT2D eigenvalue weighted by atomic mass is 10.2. The highest BCUT2D eigenvalue weighted by Gasteiger charge is 2.15.